The number of alkyl halides is 2. The van der Waals surface area contributed by atoms with E-state index in [1.807, 2.05) is 0 Å². The summed E-state index contributed by atoms with van der Waals surface area (Å²) in [7, 11) is 0. The van der Waals surface area contributed by atoms with Gasteiger partial charge >= 0.3 is 0 Å². The number of aryl methyl sites for hydroxylation is 8. The lowest BCUT2D eigenvalue weighted by molar-refractivity contribution is 0.717. The summed E-state index contributed by atoms with van der Waals surface area (Å²) in [5.41, 5.74) is 12.4. The van der Waals surface area contributed by atoms with E-state index >= 15 is 0 Å². The summed E-state index contributed by atoms with van der Waals surface area (Å²) >= 11 is 11.5. The molecule has 0 bridgehead atoms. The summed E-state index contributed by atoms with van der Waals surface area (Å²) in [5, 5.41) is 0. The van der Waals surface area contributed by atoms with Crippen LogP contribution in [0.3, 0.4) is 0 Å². The van der Waals surface area contributed by atoms with E-state index in [1.165, 1.54) is 109 Å². The van der Waals surface area contributed by atoms with Crippen LogP contribution in [-0.4, -0.2) is 10.3 Å². The molecule has 0 aromatic heterocycles. The van der Waals surface area contributed by atoms with Gasteiger partial charge in [-0.2, -0.15) is 0 Å². The van der Waals surface area contributed by atoms with E-state index in [1.54, 1.807) is 27.8 Å². The van der Waals surface area contributed by atoms with E-state index in [0.29, 0.717) is 0 Å². The number of rotatable bonds is 10. The summed E-state index contributed by atoms with van der Waals surface area (Å²) in [6, 6.07) is 20.6. The first-order valence-corrected chi connectivity index (χ1v) is 17.1. The van der Waals surface area contributed by atoms with Gasteiger partial charge in [-0.1, -0.05) is 93.8 Å². The first-order chi connectivity index (χ1) is 18.2. The molecule has 0 heterocycles. The van der Waals surface area contributed by atoms with Crippen molar-refractivity contribution in [2.75, 3.05) is 10.3 Å². The van der Waals surface area contributed by atoms with Gasteiger partial charge in [0.05, 0.1) is 0 Å². The second-order valence-electron chi connectivity index (χ2n) is 10.6. The standard InChI is InChI=1S/C13H17Cl.C13H17I.C8H7Br/c2*14-9-3-1-2-4-11-5-6-12-7-8-13(12)10-11;9-8-4-3-6-1-2-7(6)5-8/h2*5-6,10H,1-4,7-9H2;3-5H,1-2H2. The highest BCUT2D eigenvalue weighted by molar-refractivity contribution is 14.1. The molecule has 0 unspecified atom stereocenters. The van der Waals surface area contributed by atoms with E-state index in [9.17, 15) is 0 Å². The van der Waals surface area contributed by atoms with Gasteiger partial charge in [0, 0.05) is 10.4 Å². The van der Waals surface area contributed by atoms with Gasteiger partial charge in [0.15, 0.2) is 0 Å². The number of unbranched alkanes of at least 4 members (excludes halogenated alkanes) is 4. The van der Waals surface area contributed by atoms with E-state index < -0.39 is 0 Å². The van der Waals surface area contributed by atoms with Crippen LogP contribution in [0.4, 0.5) is 0 Å². The molecule has 0 spiro atoms. The van der Waals surface area contributed by atoms with Gasteiger partial charge in [0.1, 0.15) is 0 Å². The summed E-state index contributed by atoms with van der Waals surface area (Å²) in [5.74, 6) is 0.810. The third kappa shape index (κ3) is 9.11. The average Bonchev–Trinajstić information content (AvgIpc) is 2.85. The van der Waals surface area contributed by atoms with Crippen LogP contribution in [0.1, 0.15) is 83.0 Å². The summed E-state index contributed by atoms with van der Waals surface area (Å²) in [4.78, 5) is 0. The third-order valence-electron chi connectivity index (χ3n) is 7.90. The van der Waals surface area contributed by atoms with Gasteiger partial charge < -0.3 is 0 Å². The van der Waals surface area contributed by atoms with Gasteiger partial charge in [-0.3, -0.25) is 0 Å². The highest BCUT2D eigenvalue weighted by atomic mass is 127. The maximum Gasteiger partial charge on any atom is 0.0223 e. The SMILES string of the molecule is Brc1ccc2c(c1)CC2.ClCCCCCc1ccc2c(c1)CC2.ICCCCCc1ccc2c(c1)CC2. The lowest BCUT2D eigenvalue weighted by Crippen LogP contribution is -2.08. The van der Waals surface area contributed by atoms with Crippen molar-refractivity contribution in [2.45, 2.75) is 89.9 Å². The summed E-state index contributed by atoms with van der Waals surface area (Å²) in [6.45, 7) is 0. The molecule has 0 atom stereocenters. The molecule has 3 aliphatic rings. The van der Waals surface area contributed by atoms with Gasteiger partial charge in [0.25, 0.3) is 0 Å². The van der Waals surface area contributed by atoms with Crippen molar-refractivity contribution in [1.29, 1.82) is 0 Å². The fourth-order valence-electron chi connectivity index (χ4n) is 5.17. The van der Waals surface area contributed by atoms with Crippen molar-refractivity contribution < 1.29 is 0 Å². The summed E-state index contributed by atoms with van der Waals surface area (Å²) in [6.07, 6.45) is 18.1. The van der Waals surface area contributed by atoms with Crippen LogP contribution in [0.25, 0.3) is 0 Å². The minimum Gasteiger partial charge on any atom is -0.127 e. The van der Waals surface area contributed by atoms with Crippen molar-refractivity contribution in [3.8, 4) is 0 Å². The topological polar surface area (TPSA) is 0 Å². The van der Waals surface area contributed by atoms with E-state index in [0.717, 1.165) is 12.3 Å². The summed E-state index contributed by atoms with van der Waals surface area (Å²) < 4.78 is 2.52. The van der Waals surface area contributed by atoms with E-state index in [-0.39, 0.29) is 0 Å². The fourth-order valence-corrected chi connectivity index (χ4v) is 6.31. The lowest BCUT2D eigenvalue weighted by atomic mass is 9.86. The van der Waals surface area contributed by atoms with Crippen molar-refractivity contribution >= 4 is 50.1 Å². The Morgan fingerprint density at radius 1 is 0.541 bits per heavy atom. The zero-order valence-electron chi connectivity index (χ0n) is 22.1. The van der Waals surface area contributed by atoms with Crippen LogP contribution < -0.4 is 0 Å². The maximum atomic E-state index is 5.64. The molecule has 3 heteroatoms. The number of halogens is 3. The molecular formula is C34H41BrClI. The third-order valence-corrected chi connectivity index (χ3v) is 9.42. The second-order valence-corrected chi connectivity index (χ2v) is 13.0. The van der Waals surface area contributed by atoms with Crippen molar-refractivity contribution in [3.05, 3.63) is 104 Å². The van der Waals surface area contributed by atoms with Gasteiger partial charge in [-0.15, -0.1) is 11.6 Å². The molecular weight excluding hydrogens is 651 g/mol. The van der Waals surface area contributed by atoms with Gasteiger partial charge in [0.2, 0.25) is 0 Å². The molecule has 0 radical (unpaired) electrons. The zero-order valence-corrected chi connectivity index (χ0v) is 26.6. The minimum absolute atomic E-state index is 0.810. The maximum absolute atomic E-state index is 5.64. The Balaban J connectivity index is 0.000000133. The Bertz CT molecular complexity index is 1080. The highest BCUT2D eigenvalue weighted by Crippen LogP contribution is 2.26. The Hall–Kier alpha value is -0.840. The Morgan fingerprint density at radius 2 is 1.00 bits per heavy atom. The quantitative estimate of drug-likeness (QED) is 0.113. The molecule has 0 aliphatic heterocycles. The molecule has 0 amide bonds. The molecule has 0 saturated carbocycles. The second kappa shape index (κ2) is 15.7. The molecule has 0 saturated heterocycles. The smallest absolute Gasteiger partial charge is 0.0223 e. The van der Waals surface area contributed by atoms with Gasteiger partial charge in [-0.05, 0) is 138 Å². The molecule has 37 heavy (non-hydrogen) atoms. The molecule has 0 fully saturated rings. The molecule has 3 aliphatic carbocycles. The number of hydrogen-bond acceptors (Lipinski definition) is 0. The largest absolute Gasteiger partial charge is 0.127 e. The number of hydrogen-bond donors (Lipinski definition) is 0. The molecule has 3 aromatic carbocycles. The minimum atomic E-state index is 0.810. The first kappa shape index (κ1) is 29.2. The van der Waals surface area contributed by atoms with Gasteiger partial charge in [-0.25, -0.2) is 0 Å². The van der Waals surface area contributed by atoms with E-state index in [4.69, 9.17) is 11.6 Å². The fraction of sp³-hybridized carbons (Fsp3) is 0.471. The lowest BCUT2D eigenvalue weighted by Gasteiger charge is -2.19. The van der Waals surface area contributed by atoms with Crippen LogP contribution >= 0.6 is 50.1 Å². The zero-order chi connectivity index (χ0) is 25.9. The average molecular weight is 692 g/mol. The monoisotopic (exact) mass is 690 g/mol. The molecule has 0 N–H and O–H groups in total. The Kier molecular flexibility index (Phi) is 12.3. The van der Waals surface area contributed by atoms with Crippen LogP contribution in [0, 0.1) is 0 Å². The van der Waals surface area contributed by atoms with Crippen LogP contribution in [0.5, 0.6) is 0 Å². The Labute approximate surface area is 252 Å². The number of fused-ring (bicyclic) bond motifs is 3. The molecule has 198 valence electrons. The Morgan fingerprint density at radius 3 is 1.38 bits per heavy atom. The van der Waals surface area contributed by atoms with Crippen LogP contribution in [0.2, 0.25) is 0 Å². The van der Waals surface area contributed by atoms with Crippen molar-refractivity contribution in [2.24, 2.45) is 0 Å². The van der Waals surface area contributed by atoms with Crippen LogP contribution in [0.15, 0.2) is 59.1 Å². The van der Waals surface area contributed by atoms with E-state index in [2.05, 4.69) is 93.1 Å². The molecule has 0 nitrogen and oxygen atoms in total. The van der Waals surface area contributed by atoms with Crippen molar-refractivity contribution in [3.63, 3.8) is 0 Å². The highest BCUT2D eigenvalue weighted by Gasteiger charge is 2.13. The normalized spacial score (nSPS) is 13.7. The predicted molar refractivity (Wildman–Crippen MR) is 174 cm³/mol. The van der Waals surface area contributed by atoms with Crippen LogP contribution in [-0.2, 0) is 51.4 Å². The first-order valence-electron chi connectivity index (χ1n) is 14.3. The number of benzene rings is 3. The predicted octanol–water partition coefficient (Wildman–Crippen LogP) is 10.2. The molecule has 3 aromatic rings. The van der Waals surface area contributed by atoms with Crippen molar-refractivity contribution in [1.82, 2.24) is 0 Å². The molecule has 6 rings (SSSR count).